The van der Waals surface area contributed by atoms with E-state index >= 15 is 0 Å². The van der Waals surface area contributed by atoms with Gasteiger partial charge in [0.15, 0.2) is 5.16 Å². The van der Waals surface area contributed by atoms with Crippen molar-refractivity contribution in [2.45, 2.75) is 44.0 Å². The third kappa shape index (κ3) is 5.75. The predicted octanol–water partition coefficient (Wildman–Crippen LogP) is 2.89. The highest BCUT2D eigenvalue weighted by molar-refractivity contribution is 7.99. The van der Waals surface area contributed by atoms with Crippen LogP contribution in [0.4, 0.5) is 4.39 Å². The van der Waals surface area contributed by atoms with E-state index in [-0.39, 0.29) is 11.8 Å². The van der Waals surface area contributed by atoms with Crippen molar-refractivity contribution in [2.75, 3.05) is 5.75 Å². The van der Waals surface area contributed by atoms with Crippen molar-refractivity contribution < 1.29 is 18.7 Å². The summed E-state index contributed by atoms with van der Waals surface area (Å²) >= 11 is 1.15. The van der Waals surface area contributed by atoms with Crippen molar-refractivity contribution in [3.05, 3.63) is 53.1 Å². The van der Waals surface area contributed by atoms with Gasteiger partial charge < -0.3 is 10.1 Å². The van der Waals surface area contributed by atoms with Gasteiger partial charge in [-0.3, -0.25) is 9.59 Å². The van der Waals surface area contributed by atoms with Crippen LogP contribution in [0.2, 0.25) is 0 Å². The smallest absolute Gasteiger partial charge is 0.317 e. The molecule has 142 valence electrons. The topological polar surface area (TPSA) is 81.2 Å². The summed E-state index contributed by atoms with van der Waals surface area (Å²) < 4.78 is 18.6. The lowest BCUT2D eigenvalue weighted by Gasteiger charge is -2.18. The molecule has 0 bridgehead atoms. The summed E-state index contributed by atoms with van der Waals surface area (Å²) in [7, 11) is 0. The van der Waals surface area contributed by atoms with Crippen LogP contribution in [0.3, 0.4) is 0 Å². The first-order valence-corrected chi connectivity index (χ1v) is 9.59. The van der Waals surface area contributed by atoms with Crippen LogP contribution < -0.4 is 5.32 Å². The van der Waals surface area contributed by atoms with Crippen LogP contribution >= 0.6 is 11.8 Å². The maximum absolute atomic E-state index is 13.2. The third-order valence-electron chi connectivity index (χ3n) is 3.86. The highest BCUT2D eigenvalue weighted by Gasteiger charge is 2.31. The zero-order valence-electron chi connectivity index (χ0n) is 15.1. The summed E-state index contributed by atoms with van der Waals surface area (Å²) in [6.45, 7) is 3.70. The van der Waals surface area contributed by atoms with Crippen LogP contribution in [0.5, 0.6) is 0 Å². The summed E-state index contributed by atoms with van der Waals surface area (Å²) in [5, 5.41) is 3.30. The number of carbonyl (C=O) groups excluding carboxylic acids is 2. The van der Waals surface area contributed by atoms with Gasteiger partial charge in [-0.15, -0.1) is 0 Å². The standard InChI is InChI=1S/C19H20FN3O3S/c1-11-9-12(2)22-19(21-11)27-10-16(24)26-17(18(25)23-15-7-8-15)13-3-5-14(20)6-4-13/h3-6,9,15,17H,7-8,10H2,1-2H3,(H,23,25). The average molecular weight is 389 g/mol. The number of nitrogens with zero attached hydrogens (tertiary/aromatic N) is 2. The number of ether oxygens (including phenoxy) is 1. The van der Waals surface area contributed by atoms with Gasteiger partial charge >= 0.3 is 5.97 Å². The molecule has 1 aromatic heterocycles. The number of aryl methyl sites for hydroxylation is 2. The van der Waals surface area contributed by atoms with Gasteiger partial charge in [-0.2, -0.15) is 0 Å². The Morgan fingerprint density at radius 2 is 1.85 bits per heavy atom. The van der Waals surface area contributed by atoms with E-state index in [1.165, 1.54) is 24.3 Å². The van der Waals surface area contributed by atoms with Gasteiger partial charge in [0.2, 0.25) is 6.10 Å². The number of carbonyl (C=O) groups is 2. The van der Waals surface area contributed by atoms with Gasteiger partial charge in [0.1, 0.15) is 5.82 Å². The Morgan fingerprint density at radius 1 is 1.22 bits per heavy atom. The number of hydrogen-bond donors (Lipinski definition) is 1. The van der Waals surface area contributed by atoms with Gasteiger partial charge in [0, 0.05) is 23.0 Å². The van der Waals surface area contributed by atoms with E-state index in [1.807, 2.05) is 19.9 Å². The van der Waals surface area contributed by atoms with Crippen LogP contribution in [-0.4, -0.2) is 33.6 Å². The maximum Gasteiger partial charge on any atom is 0.317 e. The molecule has 1 N–H and O–H groups in total. The van der Waals surface area contributed by atoms with Crippen molar-refractivity contribution in [1.82, 2.24) is 15.3 Å². The molecule has 1 aromatic carbocycles. The molecule has 6 nitrogen and oxygen atoms in total. The van der Waals surface area contributed by atoms with Gasteiger partial charge in [-0.1, -0.05) is 23.9 Å². The molecular formula is C19H20FN3O3S. The van der Waals surface area contributed by atoms with Gasteiger partial charge in [-0.25, -0.2) is 14.4 Å². The molecule has 1 saturated carbocycles. The molecule has 1 amide bonds. The summed E-state index contributed by atoms with van der Waals surface area (Å²) in [5.74, 6) is -1.42. The molecule has 0 aliphatic heterocycles. The molecule has 27 heavy (non-hydrogen) atoms. The summed E-state index contributed by atoms with van der Waals surface area (Å²) in [6.07, 6.45) is 0.713. The molecule has 2 aromatic rings. The molecule has 1 atom stereocenters. The van der Waals surface area contributed by atoms with Gasteiger partial charge in [0.05, 0.1) is 5.75 Å². The second-order valence-electron chi connectivity index (χ2n) is 6.43. The Hall–Kier alpha value is -2.48. The molecule has 1 fully saturated rings. The average Bonchev–Trinajstić information content (AvgIpc) is 3.42. The van der Waals surface area contributed by atoms with Crippen molar-refractivity contribution in [1.29, 1.82) is 0 Å². The van der Waals surface area contributed by atoms with E-state index in [0.29, 0.717) is 10.7 Å². The van der Waals surface area contributed by atoms with E-state index in [2.05, 4.69) is 15.3 Å². The van der Waals surface area contributed by atoms with E-state index in [9.17, 15) is 14.0 Å². The van der Waals surface area contributed by atoms with Crippen molar-refractivity contribution in [3.8, 4) is 0 Å². The SMILES string of the molecule is Cc1cc(C)nc(SCC(=O)OC(C(=O)NC2CC2)c2ccc(F)cc2)n1. The Morgan fingerprint density at radius 3 is 2.44 bits per heavy atom. The first kappa shape index (κ1) is 19.3. The number of hydrogen-bond acceptors (Lipinski definition) is 6. The quantitative estimate of drug-likeness (QED) is 0.446. The monoisotopic (exact) mass is 389 g/mol. The summed E-state index contributed by atoms with van der Waals surface area (Å²) in [5.41, 5.74) is 2.05. The largest absolute Gasteiger partial charge is 0.447 e. The predicted molar refractivity (Wildman–Crippen MR) is 98.6 cm³/mol. The number of rotatable bonds is 7. The summed E-state index contributed by atoms with van der Waals surface area (Å²) in [6, 6.07) is 7.32. The maximum atomic E-state index is 13.2. The van der Waals surface area contributed by atoms with Crippen LogP contribution in [0, 0.1) is 19.7 Å². The first-order valence-electron chi connectivity index (χ1n) is 8.61. The molecule has 1 aliphatic rings. The van der Waals surface area contributed by atoms with Crippen LogP contribution in [0.25, 0.3) is 0 Å². The molecule has 1 heterocycles. The minimum Gasteiger partial charge on any atom is -0.447 e. The zero-order valence-corrected chi connectivity index (χ0v) is 15.9. The van der Waals surface area contributed by atoms with Crippen molar-refractivity contribution in [2.24, 2.45) is 0 Å². The number of aromatic nitrogens is 2. The summed E-state index contributed by atoms with van der Waals surface area (Å²) in [4.78, 5) is 33.3. The minimum atomic E-state index is -1.11. The lowest BCUT2D eigenvalue weighted by atomic mass is 10.1. The number of amides is 1. The zero-order chi connectivity index (χ0) is 19.4. The lowest BCUT2D eigenvalue weighted by molar-refractivity contribution is -0.154. The normalized spacial score (nSPS) is 14.5. The lowest BCUT2D eigenvalue weighted by Crippen LogP contribution is -2.33. The molecule has 8 heteroatoms. The highest BCUT2D eigenvalue weighted by atomic mass is 32.2. The fraction of sp³-hybridized carbons (Fsp3) is 0.368. The highest BCUT2D eigenvalue weighted by Crippen LogP contribution is 2.24. The number of esters is 1. The second kappa shape index (κ2) is 8.47. The van der Waals surface area contributed by atoms with Crippen LogP contribution in [-0.2, 0) is 14.3 Å². The Bertz CT molecular complexity index is 820. The first-order chi connectivity index (χ1) is 12.9. The molecule has 1 unspecified atom stereocenters. The Balaban J connectivity index is 1.65. The van der Waals surface area contributed by atoms with E-state index in [0.717, 1.165) is 36.0 Å². The molecule has 3 rings (SSSR count). The molecule has 1 aliphatic carbocycles. The van der Waals surface area contributed by atoms with E-state index in [1.54, 1.807) is 0 Å². The van der Waals surface area contributed by atoms with Gasteiger partial charge in [-0.05, 0) is 44.9 Å². The van der Waals surface area contributed by atoms with Crippen LogP contribution in [0.15, 0.2) is 35.5 Å². The third-order valence-corrected chi connectivity index (χ3v) is 4.69. The molecule has 0 saturated heterocycles. The Labute approximate surface area is 160 Å². The minimum absolute atomic E-state index is 0.0305. The second-order valence-corrected chi connectivity index (χ2v) is 7.37. The molecule has 0 radical (unpaired) electrons. The van der Waals surface area contributed by atoms with Crippen LogP contribution in [0.1, 0.15) is 35.9 Å². The molecule has 0 spiro atoms. The number of nitrogens with one attached hydrogen (secondary N) is 1. The van der Waals surface area contributed by atoms with Gasteiger partial charge in [0.25, 0.3) is 5.91 Å². The van der Waals surface area contributed by atoms with Crippen molar-refractivity contribution >= 4 is 23.6 Å². The van der Waals surface area contributed by atoms with E-state index in [4.69, 9.17) is 4.74 Å². The fourth-order valence-corrected chi connectivity index (χ4v) is 3.19. The fourth-order valence-electron chi connectivity index (χ4n) is 2.46. The van der Waals surface area contributed by atoms with E-state index < -0.39 is 23.8 Å². The van der Waals surface area contributed by atoms with Crippen molar-refractivity contribution in [3.63, 3.8) is 0 Å². The number of halogens is 1. The number of benzene rings is 1. The molecular weight excluding hydrogens is 369 g/mol. The Kier molecular flexibility index (Phi) is 6.05. The number of thioether (sulfide) groups is 1.